The van der Waals surface area contributed by atoms with Gasteiger partial charge < -0.3 is 4.74 Å². The summed E-state index contributed by atoms with van der Waals surface area (Å²) in [5, 5.41) is 0.771. The molecule has 2 aliphatic carbocycles. The van der Waals surface area contributed by atoms with Gasteiger partial charge in [-0.15, -0.1) is 0 Å². The molecular formula is C17H18Cl2O3. The molecule has 0 amide bonds. The molecule has 2 saturated carbocycles. The second-order valence-electron chi connectivity index (χ2n) is 7.10. The summed E-state index contributed by atoms with van der Waals surface area (Å²) < 4.78 is 5.55. The van der Waals surface area contributed by atoms with Crippen molar-refractivity contribution in [3.05, 3.63) is 28.2 Å². The molecular weight excluding hydrogens is 323 g/mol. The Morgan fingerprint density at radius 1 is 1.18 bits per heavy atom. The van der Waals surface area contributed by atoms with Crippen molar-refractivity contribution >= 4 is 35.0 Å². The van der Waals surface area contributed by atoms with E-state index in [4.69, 9.17) is 27.9 Å². The van der Waals surface area contributed by atoms with Crippen LogP contribution in [-0.4, -0.2) is 11.8 Å². The van der Waals surface area contributed by atoms with Crippen LogP contribution in [0.3, 0.4) is 0 Å². The lowest BCUT2D eigenvalue weighted by atomic mass is 9.65. The average molecular weight is 341 g/mol. The predicted molar refractivity (Wildman–Crippen MR) is 85.3 cm³/mol. The maximum Gasteiger partial charge on any atom is 0.318 e. The maximum atomic E-state index is 12.9. The van der Waals surface area contributed by atoms with Crippen LogP contribution in [0.4, 0.5) is 0 Å². The lowest BCUT2D eigenvalue weighted by molar-refractivity contribution is -0.151. The third kappa shape index (κ3) is 1.82. The van der Waals surface area contributed by atoms with Crippen LogP contribution in [0.5, 0.6) is 5.75 Å². The lowest BCUT2D eigenvalue weighted by Crippen LogP contribution is -2.42. The van der Waals surface area contributed by atoms with Gasteiger partial charge in [0, 0.05) is 16.9 Å². The summed E-state index contributed by atoms with van der Waals surface area (Å²) in [5.41, 5.74) is -1.63. The molecule has 1 aromatic rings. The molecule has 3 rings (SSSR count). The monoisotopic (exact) mass is 340 g/mol. The Morgan fingerprint density at radius 3 is 2.36 bits per heavy atom. The zero-order chi connectivity index (χ0) is 16.3. The second kappa shape index (κ2) is 4.72. The molecule has 0 aliphatic heterocycles. The summed E-state index contributed by atoms with van der Waals surface area (Å²) in [6, 6.07) is 4.74. The van der Waals surface area contributed by atoms with Crippen LogP contribution < -0.4 is 4.74 Å². The molecule has 3 nitrogen and oxygen atoms in total. The molecule has 118 valence electrons. The first-order valence-corrected chi connectivity index (χ1v) is 8.10. The van der Waals surface area contributed by atoms with Crippen molar-refractivity contribution in [3.63, 3.8) is 0 Å². The molecule has 0 aromatic heterocycles. The number of halogens is 2. The van der Waals surface area contributed by atoms with Gasteiger partial charge in [-0.3, -0.25) is 9.59 Å². The summed E-state index contributed by atoms with van der Waals surface area (Å²) >= 11 is 11.9. The van der Waals surface area contributed by atoms with E-state index in [0.717, 1.165) is 6.42 Å². The number of carbonyl (C=O) groups is 2. The van der Waals surface area contributed by atoms with Gasteiger partial charge >= 0.3 is 5.97 Å². The van der Waals surface area contributed by atoms with E-state index in [1.54, 1.807) is 12.1 Å². The second-order valence-corrected chi connectivity index (χ2v) is 7.95. The zero-order valence-electron chi connectivity index (χ0n) is 12.8. The fourth-order valence-electron chi connectivity index (χ4n) is 4.07. The van der Waals surface area contributed by atoms with E-state index in [2.05, 4.69) is 0 Å². The first-order valence-electron chi connectivity index (χ1n) is 7.35. The first-order chi connectivity index (χ1) is 10.1. The minimum Gasteiger partial charge on any atom is -0.424 e. The smallest absolute Gasteiger partial charge is 0.318 e. The summed E-state index contributed by atoms with van der Waals surface area (Å²) in [5.74, 6) is 0.0772. The number of fused-ring (bicyclic) bond motifs is 2. The van der Waals surface area contributed by atoms with E-state index in [9.17, 15) is 9.59 Å². The molecule has 0 heterocycles. The highest BCUT2D eigenvalue weighted by atomic mass is 35.5. The first kappa shape index (κ1) is 15.8. The van der Waals surface area contributed by atoms with E-state index < -0.39 is 16.2 Å². The van der Waals surface area contributed by atoms with Crippen LogP contribution in [0.1, 0.15) is 40.0 Å². The van der Waals surface area contributed by atoms with Crippen LogP contribution in [0.15, 0.2) is 18.2 Å². The molecule has 22 heavy (non-hydrogen) atoms. The van der Waals surface area contributed by atoms with E-state index >= 15 is 0 Å². The van der Waals surface area contributed by atoms with Crippen LogP contribution >= 0.6 is 23.2 Å². The Labute approximate surface area is 139 Å². The van der Waals surface area contributed by atoms with Crippen molar-refractivity contribution in [2.24, 2.45) is 16.2 Å². The molecule has 1 aromatic carbocycles. The number of hydrogen-bond acceptors (Lipinski definition) is 3. The number of Topliss-reactive ketones (excluding diaryl/α,β-unsaturated/α-hetero) is 1. The number of ether oxygens (including phenoxy) is 1. The predicted octanol–water partition coefficient (Wildman–Crippen LogP) is 4.68. The van der Waals surface area contributed by atoms with Gasteiger partial charge in [-0.25, -0.2) is 0 Å². The molecule has 2 atom stereocenters. The van der Waals surface area contributed by atoms with E-state index in [1.165, 1.54) is 6.07 Å². The molecule has 2 unspecified atom stereocenters. The van der Waals surface area contributed by atoms with Gasteiger partial charge in [0.15, 0.2) is 0 Å². The van der Waals surface area contributed by atoms with Crippen molar-refractivity contribution in [2.75, 3.05) is 0 Å². The number of carbonyl (C=O) groups excluding carboxylic acids is 2. The SMILES string of the molecule is CC12CCC(C(=O)Oc3ccc(Cl)cc3Cl)(CC1=O)C2(C)C. The fourth-order valence-corrected chi connectivity index (χ4v) is 4.51. The minimum atomic E-state index is -0.762. The average Bonchev–Trinajstić information content (AvgIpc) is 2.72. The Kier molecular flexibility index (Phi) is 3.39. The van der Waals surface area contributed by atoms with Gasteiger partial charge in [-0.2, -0.15) is 0 Å². The fraction of sp³-hybridized carbons (Fsp3) is 0.529. The van der Waals surface area contributed by atoms with Gasteiger partial charge in [0.05, 0.1) is 10.4 Å². The Bertz CT molecular complexity index is 682. The highest BCUT2D eigenvalue weighted by molar-refractivity contribution is 6.35. The molecule has 0 radical (unpaired) electrons. The van der Waals surface area contributed by atoms with Crippen LogP contribution in [0, 0.1) is 16.2 Å². The maximum absolute atomic E-state index is 12.9. The number of benzene rings is 1. The largest absolute Gasteiger partial charge is 0.424 e. The molecule has 0 spiro atoms. The molecule has 5 heteroatoms. The minimum absolute atomic E-state index is 0.155. The van der Waals surface area contributed by atoms with E-state index in [1.807, 2.05) is 20.8 Å². The number of esters is 1. The van der Waals surface area contributed by atoms with Crippen LogP contribution in [0.25, 0.3) is 0 Å². The zero-order valence-corrected chi connectivity index (χ0v) is 14.3. The molecule has 0 N–H and O–H groups in total. The quantitative estimate of drug-likeness (QED) is 0.579. The highest BCUT2D eigenvalue weighted by Gasteiger charge is 2.73. The Hall–Kier alpha value is -1.06. The number of rotatable bonds is 2. The third-order valence-electron chi connectivity index (χ3n) is 6.19. The van der Waals surface area contributed by atoms with Crippen molar-refractivity contribution in [1.82, 2.24) is 0 Å². The van der Waals surface area contributed by atoms with Crippen molar-refractivity contribution < 1.29 is 14.3 Å². The van der Waals surface area contributed by atoms with Gasteiger partial charge in [0.2, 0.25) is 0 Å². The standard InChI is InChI=1S/C17H18Cl2O3/c1-15(2)16(3)6-7-17(15,9-13(16)20)14(21)22-12-5-4-10(18)8-11(12)19/h4-5,8H,6-7,9H2,1-3H3. The molecule has 2 fully saturated rings. The van der Waals surface area contributed by atoms with Crippen molar-refractivity contribution in [1.29, 1.82) is 0 Å². The van der Waals surface area contributed by atoms with Gasteiger partial charge in [-0.1, -0.05) is 44.0 Å². The van der Waals surface area contributed by atoms with Gasteiger partial charge in [-0.05, 0) is 36.5 Å². The molecule has 2 bridgehead atoms. The van der Waals surface area contributed by atoms with Crippen molar-refractivity contribution in [2.45, 2.75) is 40.0 Å². The van der Waals surface area contributed by atoms with Crippen LogP contribution in [-0.2, 0) is 9.59 Å². The van der Waals surface area contributed by atoms with E-state index in [-0.39, 0.29) is 23.9 Å². The molecule has 0 saturated heterocycles. The summed E-state index contributed by atoms with van der Waals surface area (Å²) in [6.07, 6.45) is 1.65. The summed E-state index contributed by atoms with van der Waals surface area (Å²) in [6.45, 7) is 5.96. The number of ketones is 1. The molecule has 2 aliphatic rings. The summed E-state index contributed by atoms with van der Waals surface area (Å²) in [4.78, 5) is 25.3. The number of hydrogen-bond donors (Lipinski definition) is 0. The van der Waals surface area contributed by atoms with Crippen molar-refractivity contribution in [3.8, 4) is 5.75 Å². The Balaban J connectivity index is 1.94. The highest BCUT2D eigenvalue weighted by Crippen LogP contribution is 2.70. The van der Waals surface area contributed by atoms with E-state index in [0.29, 0.717) is 16.5 Å². The third-order valence-corrected chi connectivity index (χ3v) is 6.72. The van der Waals surface area contributed by atoms with Gasteiger partial charge in [0.1, 0.15) is 11.5 Å². The Morgan fingerprint density at radius 2 is 1.86 bits per heavy atom. The van der Waals surface area contributed by atoms with Crippen LogP contribution in [0.2, 0.25) is 10.0 Å². The topological polar surface area (TPSA) is 43.4 Å². The summed E-state index contributed by atoms with van der Waals surface area (Å²) in [7, 11) is 0. The lowest BCUT2D eigenvalue weighted by Gasteiger charge is -2.37. The van der Waals surface area contributed by atoms with Gasteiger partial charge in [0.25, 0.3) is 0 Å². The normalized spacial score (nSPS) is 32.3.